The second-order valence-electron chi connectivity index (χ2n) is 4.90. The van der Waals surface area contributed by atoms with Crippen molar-refractivity contribution in [3.8, 4) is 11.5 Å². The van der Waals surface area contributed by atoms with Crippen molar-refractivity contribution >= 4 is 24.4 Å². The number of ether oxygens (including phenoxy) is 3. The average molecular weight is 358 g/mol. The average Bonchev–Trinajstić information content (AvgIpc) is 3.18. The molecule has 1 aromatic carbocycles. The molecule has 0 unspecified atom stereocenters. The van der Waals surface area contributed by atoms with E-state index in [-0.39, 0.29) is 12.0 Å². The quantitative estimate of drug-likeness (QED) is 0.632. The van der Waals surface area contributed by atoms with Crippen LogP contribution in [0.2, 0.25) is 0 Å². The lowest BCUT2D eigenvalue weighted by Gasteiger charge is -2.12. The molecule has 0 saturated heterocycles. The zero-order chi connectivity index (χ0) is 18.8. The number of aliphatic imine (C=N–C) groups is 3. The van der Waals surface area contributed by atoms with Gasteiger partial charge in [0.25, 0.3) is 6.02 Å². The van der Waals surface area contributed by atoms with Crippen LogP contribution in [0.1, 0.15) is 12.7 Å². The number of nitrogens with zero attached hydrogens (tertiary/aromatic N) is 3. The molecule has 0 aliphatic carbocycles. The zero-order valence-corrected chi connectivity index (χ0v) is 15.1. The van der Waals surface area contributed by atoms with Gasteiger partial charge in [0, 0.05) is 11.8 Å². The van der Waals surface area contributed by atoms with Gasteiger partial charge in [-0.1, -0.05) is 0 Å². The molecule has 0 atom stereocenters. The maximum absolute atomic E-state index is 5.52. The van der Waals surface area contributed by atoms with Gasteiger partial charge in [0.2, 0.25) is 5.96 Å². The highest BCUT2D eigenvalue weighted by atomic mass is 16.5. The van der Waals surface area contributed by atoms with Crippen LogP contribution in [0.4, 0.5) is 5.69 Å². The molecule has 1 heterocycles. The van der Waals surface area contributed by atoms with E-state index in [4.69, 9.17) is 18.6 Å². The smallest absolute Gasteiger partial charge is 0.297 e. The number of amidine groups is 1. The SMILES string of the molecule is C=NC(=NCc1ccco1)/N=C(\Nc1ccc(OC)c(OC)c1)OCC. The number of furan rings is 1. The van der Waals surface area contributed by atoms with Gasteiger partial charge in [-0.25, -0.2) is 9.98 Å². The summed E-state index contributed by atoms with van der Waals surface area (Å²) in [7, 11) is 3.15. The van der Waals surface area contributed by atoms with Crippen LogP contribution in [0.5, 0.6) is 11.5 Å². The second kappa shape index (κ2) is 9.87. The summed E-state index contributed by atoms with van der Waals surface area (Å²) in [5, 5.41) is 3.06. The van der Waals surface area contributed by atoms with Crippen molar-refractivity contribution in [2.75, 3.05) is 26.1 Å². The van der Waals surface area contributed by atoms with Crippen molar-refractivity contribution in [1.82, 2.24) is 0 Å². The van der Waals surface area contributed by atoms with Gasteiger partial charge in [0.1, 0.15) is 12.3 Å². The molecule has 138 valence electrons. The van der Waals surface area contributed by atoms with Gasteiger partial charge < -0.3 is 23.9 Å². The summed E-state index contributed by atoms with van der Waals surface area (Å²) in [5.41, 5.74) is 0.712. The maximum Gasteiger partial charge on any atom is 0.297 e. The lowest BCUT2D eigenvalue weighted by atomic mass is 10.3. The molecule has 0 aliphatic rings. The van der Waals surface area contributed by atoms with Crippen LogP contribution in [-0.4, -0.2) is 39.5 Å². The lowest BCUT2D eigenvalue weighted by Crippen LogP contribution is -2.18. The van der Waals surface area contributed by atoms with E-state index in [9.17, 15) is 0 Å². The van der Waals surface area contributed by atoms with E-state index in [0.717, 1.165) is 0 Å². The van der Waals surface area contributed by atoms with Crippen LogP contribution in [-0.2, 0) is 11.3 Å². The van der Waals surface area contributed by atoms with Crippen molar-refractivity contribution in [1.29, 1.82) is 0 Å². The number of guanidine groups is 1. The number of hydrogen-bond acceptors (Lipinski definition) is 5. The highest BCUT2D eigenvalue weighted by Crippen LogP contribution is 2.29. The van der Waals surface area contributed by atoms with Gasteiger partial charge in [-0.3, -0.25) is 0 Å². The Bertz CT molecular complexity index is 770. The van der Waals surface area contributed by atoms with Crippen LogP contribution in [0.15, 0.2) is 56.0 Å². The maximum atomic E-state index is 5.52. The van der Waals surface area contributed by atoms with Gasteiger partial charge in [-0.2, -0.15) is 4.99 Å². The number of nitrogens with one attached hydrogen (secondary N) is 1. The zero-order valence-electron chi connectivity index (χ0n) is 15.1. The number of methoxy groups -OCH3 is 2. The highest BCUT2D eigenvalue weighted by molar-refractivity contribution is 6.00. The van der Waals surface area contributed by atoms with Crippen LogP contribution in [0.25, 0.3) is 0 Å². The molecule has 26 heavy (non-hydrogen) atoms. The normalized spacial score (nSPS) is 11.8. The lowest BCUT2D eigenvalue weighted by molar-refractivity contribution is 0.326. The molecule has 0 amide bonds. The predicted octanol–water partition coefficient (Wildman–Crippen LogP) is 3.36. The van der Waals surface area contributed by atoms with Gasteiger partial charge in [-0.15, -0.1) is 0 Å². The third-order valence-electron chi connectivity index (χ3n) is 3.22. The first-order chi connectivity index (χ1) is 12.7. The molecule has 0 radical (unpaired) electrons. The molecule has 0 fully saturated rings. The molecule has 0 spiro atoms. The van der Waals surface area contributed by atoms with E-state index in [1.165, 1.54) is 0 Å². The Hall–Kier alpha value is -3.29. The highest BCUT2D eigenvalue weighted by Gasteiger charge is 2.08. The Kier molecular flexibility index (Phi) is 7.23. The molecule has 8 nitrogen and oxygen atoms in total. The predicted molar refractivity (Wildman–Crippen MR) is 102 cm³/mol. The monoisotopic (exact) mass is 358 g/mol. The molecular weight excluding hydrogens is 336 g/mol. The minimum Gasteiger partial charge on any atom is -0.493 e. The Balaban J connectivity index is 2.19. The van der Waals surface area contributed by atoms with Crippen LogP contribution in [0, 0.1) is 0 Å². The molecule has 8 heteroatoms. The molecule has 0 saturated carbocycles. The minimum absolute atomic E-state index is 0.179. The number of hydrogen-bond donors (Lipinski definition) is 1. The summed E-state index contributed by atoms with van der Waals surface area (Å²) in [6, 6.07) is 9.22. The Labute approximate surface area is 152 Å². The molecule has 0 aliphatic heterocycles. The summed E-state index contributed by atoms with van der Waals surface area (Å²) >= 11 is 0. The van der Waals surface area contributed by atoms with E-state index in [1.807, 2.05) is 19.1 Å². The van der Waals surface area contributed by atoms with E-state index in [2.05, 4.69) is 27.0 Å². The summed E-state index contributed by atoms with van der Waals surface area (Å²) in [6.07, 6.45) is 1.58. The third kappa shape index (κ3) is 5.37. The van der Waals surface area contributed by atoms with Crippen molar-refractivity contribution in [3.63, 3.8) is 0 Å². The summed E-state index contributed by atoms with van der Waals surface area (Å²) in [4.78, 5) is 12.3. The molecule has 2 rings (SSSR count). The Morgan fingerprint density at radius 2 is 2.00 bits per heavy atom. The summed E-state index contributed by atoms with van der Waals surface area (Å²) in [5.74, 6) is 2.09. The number of anilines is 1. The molecule has 1 aromatic heterocycles. The first-order valence-electron chi connectivity index (χ1n) is 7.94. The standard InChI is InChI=1S/C18H22N4O4/c1-5-25-18(21-13-8-9-15(23-3)16(11-13)24-4)22-17(19-2)20-12-14-7-6-10-26-14/h6-11H,2,5,12H2,1,3-4H3,(H,20,21,22). The fourth-order valence-corrected chi connectivity index (χ4v) is 2.03. The fourth-order valence-electron chi connectivity index (χ4n) is 2.03. The van der Waals surface area contributed by atoms with E-state index in [0.29, 0.717) is 36.1 Å². The minimum atomic E-state index is 0.179. The number of rotatable bonds is 6. The summed E-state index contributed by atoms with van der Waals surface area (Å²) in [6.45, 7) is 6.07. The van der Waals surface area contributed by atoms with E-state index in [1.54, 1.807) is 38.7 Å². The Morgan fingerprint density at radius 1 is 1.19 bits per heavy atom. The van der Waals surface area contributed by atoms with Gasteiger partial charge in [0.05, 0.1) is 27.1 Å². The Morgan fingerprint density at radius 3 is 2.62 bits per heavy atom. The third-order valence-corrected chi connectivity index (χ3v) is 3.22. The van der Waals surface area contributed by atoms with Crippen molar-refractivity contribution in [2.24, 2.45) is 15.0 Å². The van der Waals surface area contributed by atoms with Crippen molar-refractivity contribution in [2.45, 2.75) is 13.5 Å². The molecular formula is C18H22N4O4. The molecule has 1 N–H and O–H groups in total. The number of benzene rings is 1. The van der Waals surface area contributed by atoms with Gasteiger partial charge in [-0.05, 0) is 37.9 Å². The van der Waals surface area contributed by atoms with E-state index < -0.39 is 0 Å². The van der Waals surface area contributed by atoms with Crippen LogP contribution >= 0.6 is 0 Å². The van der Waals surface area contributed by atoms with Gasteiger partial charge in [0.15, 0.2) is 11.5 Å². The van der Waals surface area contributed by atoms with E-state index >= 15 is 0 Å². The molecule has 0 bridgehead atoms. The molecule has 2 aromatic rings. The fraction of sp³-hybridized carbons (Fsp3) is 0.278. The van der Waals surface area contributed by atoms with Crippen molar-refractivity contribution < 1.29 is 18.6 Å². The largest absolute Gasteiger partial charge is 0.493 e. The topological polar surface area (TPSA) is 89.9 Å². The van der Waals surface area contributed by atoms with Crippen LogP contribution < -0.4 is 14.8 Å². The summed E-state index contributed by atoms with van der Waals surface area (Å²) < 4.78 is 21.3. The van der Waals surface area contributed by atoms with Crippen LogP contribution in [0.3, 0.4) is 0 Å². The van der Waals surface area contributed by atoms with Gasteiger partial charge >= 0.3 is 0 Å². The first kappa shape index (κ1) is 19.0. The second-order valence-corrected chi connectivity index (χ2v) is 4.90. The first-order valence-corrected chi connectivity index (χ1v) is 7.94. The van der Waals surface area contributed by atoms with Crippen molar-refractivity contribution in [3.05, 3.63) is 42.4 Å².